The number of aliphatic hydroxyl groups is 1. The summed E-state index contributed by atoms with van der Waals surface area (Å²) in [6.45, 7) is 2.51. The molecule has 164 valence electrons. The maximum atomic E-state index is 14.6. The van der Waals surface area contributed by atoms with Gasteiger partial charge in [-0.25, -0.2) is 23.4 Å². The third kappa shape index (κ3) is 3.71. The van der Waals surface area contributed by atoms with E-state index in [9.17, 15) is 13.9 Å². The number of hydrogen-bond acceptors (Lipinski definition) is 4. The predicted molar refractivity (Wildman–Crippen MR) is 117 cm³/mol. The number of aryl methyl sites for hydroxylation is 2. The second-order valence-corrected chi connectivity index (χ2v) is 8.30. The van der Waals surface area contributed by atoms with E-state index in [1.54, 1.807) is 46.1 Å². The van der Waals surface area contributed by atoms with Crippen LogP contribution in [-0.2, 0) is 12.1 Å². The molecule has 0 saturated carbocycles. The molecule has 1 aliphatic carbocycles. The number of fused-ring (bicyclic) bond motifs is 1. The van der Waals surface area contributed by atoms with Gasteiger partial charge in [0, 0.05) is 18.7 Å². The third-order valence-electron chi connectivity index (χ3n) is 6.06. The van der Waals surface area contributed by atoms with E-state index in [0.29, 0.717) is 42.3 Å². The normalized spacial score (nSPS) is 22.9. The summed E-state index contributed by atoms with van der Waals surface area (Å²) in [6.07, 6.45) is 13.1. The summed E-state index contributed by atoms with van der Waals surface area (Å²) >= 11 is 0. The van der Waals surface area contributed by atoms with Crippen molar-refractivity contribution >= 4 is 12.2 Å². The monoisotopic (exact) mass is 435 g/mol. The van der Waals surface area contributed by atoms with Gasteiger partial charge in [0.25, 0.3) is 0 Å². The van der Waals surface area contributed by atoms with Crippen molar-refractivity contribution in [1.29, 1.82) is 0 Å². The van der Waals surface area contributed by atoms with Crippen molar-refractivity contribution in [3.63, 3.8) is 0 Å². The minimum Gasteiger partial charge on any atom is -0.381 e. The Bertz CT molecular complexity index is 1260. The topological polar surface area (TPSA) is 68.8 Å². The fraction of sp³-hybridized carbons (Fsp3) is 0.292. The van der Waals surface area contributed by atoms with Crippen LogP contribution < -0.4 is 0 Å². The lowest BCUT2D eigenvalue weighted by Crippen LogP contribution is -2.40. The molecular weight excluding hydrogens is 412 g/mol. The van der Waals surface area contributed by atoms with Crippen LogP contribution >= 0.6 is 0 Å². The molecule has 0 amide bonds. The molecule has 6 nitrogen and oxygen atoms in total. The summed E-state index contributed by atoms with van der Waals surface area (Å²) in [7, 11) is 0. The zero-order chi connectivity index (χ0) is 22.3. The molecule has 0 radical (unpaired) electrons. The highest BCUT2D eigenvalue weighted by molar-refractivity contribution is 5.67. The number of hydrogen-bond donors (Lipinski definition) is 1. The van der Waals surface area contributed by atoms with Gasteiger partial charge in [0.05, 0.1) is 17.7 Å². The lowest BCUT2D eigenvalue weighted by atomic mass is 9.77. The van der Waals surface area contributed by atoms with Crippen molar-refractivity contribution in [2.75, 3.05) is 0 Å². The zero-order valence-electron chi connectivity index (χ0n) is 17.6. The Hall–Kier alpha value is -3.39. The molecule has 0 saturated heterocycles. The molecule has 3 heterocycles. The Balaban J connectivity index is 1.39. The predicted octanol–water partition coefficient (Wildman–Crippen LogP) is 4.49. The molecule has 0 bridgehead atoms. The molecule has 1 unspecified atom stereocenters. The molecule has 2 aromatic heterocycles. The number of imidazole rings is 1. The molecule has 5 rings (SSSR count). The first kappa shape index (κ1) is 20.5. The highest BCUT2D eigenvalue weighted by Crippen LogP contribution is 2.41. The molecule has 0 spiro atoms. The molecule has 32 heavy (non-hydrogen) atoms. The second kappa shape index (κ2) is 7.94. The number of halogens is 2. The van der Waals surface area contributed by atoms with Crippen LogP contribution in [0.2, 0.25) is 0 Å². The molecule has 1 aromatic carbocycles. The zero-order valence-corrected chi connectivity index (χ0v) is 17.6. The quantitative estimate of drug-likeness (QED) is 0.656. The van der Waals surface area contributed by atoms with Crippen molar-refractivity contribution in [2.45, 2.75) is 38.3 Å². The average Bonchev–Trinajstić information content (AvgIpc) is 3.40. The highest BCUT2D eigenvalue weighted by Gasteiger charge is 2.43. The first-order valence-corrected chi connectivity index (χ1v) is 10.6. The number of rotatable bonds is 4. The van der Waals surface area contributed by atoms with Gasteiger partial charge in [-0.15, -0.1) is 0 Å². The number of aromatic nitrogens is 5. The standard InChI is InChI=1S/C24H23F2N5O/c1-16-14-30(15-27-16)21-9-3-17(13-20(21)26)4-10-22-28-23-24(32,11-2-12-31(23)29-22)18-5-7-19(25)8-6-18/h3-5,7-10,13-15,18,32H,2,6,11-12H2,1H3/b10-4+/t18?,24-/m1/s1. The van der Waals surface area contributed by atoms with Gasteiger partial charge in [0.2, 0.25) is 0 Å². The fourth-order valence-electron chi connectivity index (χ4n) is 4.38. The lowest BCUT2D eigenvalue weighted by molar-refractivity contribution is -0.0393. The summed E-state index contributed by atoms with van der Waals surface area (Å²) in [5.41, 5.74) is 0.714. The van der Waals surface area contributed by atoms with E-state index < -0.39 is 5.60 Å². The highest BCUT2D eigenvalue weighted by atomic mass is 19.1. The van der Waals surface area contributed by atoms with Crippen LogP contribution in [0, 0.1) is 18.7 Å². The van der Waals surface area contributed by atoms with E-state index >= 15 is 0 Å². The molecule has 2 aliphatic rings. The van der Waals surface area contributed by atoms with Gasteiger partial charge in [-0.05, 0) is 62.1 Å². The van der Waals surface area contributed by atoms with Gasteiger partial charge in [-0.2, -0.15) is 5.10 Å². The Kier molecular flexibility index (Phi) is 5.09. The molecule has 0 fully saturated rings. The largest absolute Gasteiger partial charge is 0.381 e. The SMILES string of the molecule is Cc1cn(-c2ccc(/C=C/c3nc4n(n3)CCC[C@@]4(O)C3C=CC(F)=CC3)cc2F)cn1. The molecule has 2 atom stereocenters. The minimum atomic E-state index is -1.19. The Morgan fingerprint density at radius 1 is 1.25 bits per heavy atom. The van der Waals surface area contributed by atoms with Crippen LogP contribution in [0.4, 0.5) is 8.78 Å². The van der Waals surface area contributed by atoms with E-state index in [0.717, 1.165) is 12.1 Å². The minimum absolute atomic E-state index is 0.254. The van der Waals surface area contributed by atoms with E-state index in [2.05, 4.69) is 15.1 Å². The van der Waals surface area contributed by atoms with E-state index in [1.807, 2.05) is 13.0 Å². The van der Waals surface area contributed by atoms with Crippen LogP contribution in [0.15, 0.2) is 54.8 Å². The van der Waals surface area contributed by atoms with Gasteiger partial charge in [0.1, 0.15) is 17.2 Å². The van der Waals surface area contributed by atoms with Gasteiger partial charge in [-0.1, -0.05) is 18.2 Å². The first-order chi connectivity index (χ1) is 15.4. The summed E-state index contributed by atoms with van der Waals surface area (Å²) in [5.74, 6) is 0.0328. The summed E-state index contributed by atoms with van der Waals surface area (Å²) < 4.78 is 31.3. The molecule has 8 heteroatoms. The summed E-state index contributed by atoms with van der Waals surface area (Å²) in [5, 5.41) is 15.9. The maximum Gasteiger partial charge on any atom is 0.174 e. The number of allylic oxidation sites excluding steroid dienone is 3. The summed E-state index contributed by atoms with van der Waals surface area (Å²) in [6, 6.07) is 4.95. The smallest absolute Gasteiger partial charge is 0.174 e. The number of benzene rings is 1. The van der Waals surface area contributed by atoms with Crippen molar-refractivity contribution in [2.24, 2.45) is 5.92 Å². The van der Waals surface area contributed by atoms with Crippen molar-refractivity contribution in [3.05, 3.63) is 83.5 Å². The van der Waals surface area contributed by atoms with Gasteiger partial charge in [0.15, 0.2) is 11.6 Å². The van der Waals surface area contributed by atoms with E-state index in [4.69, 9.17) is 0 Å². The van der Waals surface area contributed by atoms with Crippen molar-refractivity contribution < 1.29 is 13.9 Å². The maximum absolute atomic E-state index is 14.6. The van der Waals surface area contributed by atoms with E-state index in [-0.39, 0.29) is 17.6 Å². The molecule has 3 aromatic rings. The number of nitrogens with zero attached hydrogens (tertiary/aromatic N) is 5. The van der Waals surface area contributed by atoms with Crippen LogP contribution in [0.5, 0.6) is 0 Å². The molecule has 1 aliphatic heterocycles. The van der Waals surface area contributed by atoms with Gasteiger partial charge in [-0.3, -0.25) is 0 Å². The molecule has 1 N–H and O–H groups in total. The van der Waals surface area contributed by atoms with Crippen LogP contribution in [0.1, 0.15) is 42.2 Å². The Morgan fingerprint density at radius 2 is 2.12 bits per heavy atom. The fourth-order valence-corrected chi connectivity index (χ4v) is 4.38. The molecular formula is C24H23F2N5O. The van der Waals surface area contributed by atoms with Gasteiger partial charge < -0.3 is 9.67 Å². The Morgan fingerprint density at radius 3 is 2.84 bits per heavy atom. The van der Waals surface area contributed by atoms with Crippen molar-refractivity contribution in [3.8, 4) is 5.69 Å². The van der Waals surface area contributed by atoms with Crippen LogP contribution in [-0.4, -0.2) is 29.4 Å². The average molecular weight is 435 g/mol. The Labute approximate surface area is 184 Å². The van der Waals surface area contributed by atoms with Crippen LogP contribution in [0.3, 0.4) is 0 Å². The summed E-state index contributed by atoms with van der Waals surface area (Å²) in [4.78, 5) is 8.69. The third-order valence-corrected chi connectivity index (χ3v) is 6.06. The van der Waals surface area contributed by atoms with Crippen LogP contribution in [0.25, 0.3) is 17.8 Å². The second-order valence-electron chi connectivity index (χ2n) is 8.30. The first-order valence-electron chi connectivity index (χ1n) is 10.6. The van der Waals surface area contributed by atoms with E-state index in [1.165, 1.54) is 18.2 Å². The van der Waals surface area contributed by atoms with Crippen molar-refractivity contribution in [1.82, 2.24) is 24.3 Å². The lowest BCUT2D eigenvalue weighted by Gasteiger charge is -2.37. The van der Waals surface area contributed by atoms with Gasteiger partial charge >= 0.3 is 0 Å².